The number of carbonyl (C=O) groups is 2. The third-order valence-electron chi connectivity index (χ3n) is 4.83. The molecule has 0 bridgehead atoms. The predicted octanol–water partition coefficient (Wildman–Crippen LogP) is 2.60. The fraction of sp³-hybridized carbons (Fsp3) is 0.529. The van der Waals surface area contributed by atoms with Gasteiger partial charge in [-0.3, -0.25) is 9.59 Å². The lowest BCUT2D eigenvalue weighted by molar-refractivity contribution is -0.145. The van der Waals surface area contributed by atoms with Gasteiger partial charge in [-0.25, -0.2) is 0 Å². The van der Waals surface area contributed by atoms with Gasteiger partial charge in [0.2, 0.25) is 0 Å². The van der Waals surface area contributed by atoms with E-state index in [0.29, 0.717) is 23.8 Å². The second kappa shape index (κ2) is 7.32. The van der Waals surface area contributed by atoms with Crippen LogP contribution in [0, 0.1) is 12.3 Å². The van der Waals surface area contributed by atoms with Crippen LogP contribution in [0.4, 0.5) is 5.69 Å². The molecule has 1 aromatic rings. The Bertz CT molecular complexity index is 590. The second-order valence-corrected chi connectivity index (χ2v) is 6.65. The van der Waals surface area contributed by atoms with Crippen molar-refractivity contribution in [3.8, 4) is 0 Å². The minimum Gasteiger partial charge on any atom is -0.396 e. The van der Waals surface area contributed by atoms with Crippen LogP contribution in [0.3, 0.4) is 0 Å². The smallest absolute Gasteiger partial charge is 0.313 e. The molecule has 5 nitrogen and oxygen atoms in total. The van der Waals surface area contributed by atoms with Gasteiger partial charge < -0.3 is 15.3 Å². The zero-order valence-corrected chi connectivity index (χ0v) is 14.3. The summed E-state index contributed by atoms with van der Waals surface area (Å²) in [5.41, 5.74) is 1.28. The van der Waals surface area contributed by atoms with E-state index in [4.69, 9.17) is 11.6 Å². The van der Waals surface area contributed by atoms with Gasteiger partial charge in [0, 0.05) is 30.4 Å². The fourth-order valence-corrected chi connectivity index (χ4v) is 3.12. The molecule has 1 fully saturated rings. The summed E-state index contributed by atoms with van der Waals surface area (Å²) in [4.78, 5) is 26.0. The Morgan fingerprint density at radius 3 is 2.52 bits per heavy atom. The zero-order chi connectivity index (χ0) is 17.0. The molecule has 0 atom stereocenters. The van der Waals surface area contributed by atoms with Crippen LogP contribution in [0.15, 0.2) is 18.2 Å². The van der Waals surface area contributed by atoms with Crippen molar-refractivity contribution in [1.82, 2.24) is 4.90 Å². The van der Waals surface area contributed by atoms with E-state index in [1.807, 2.05) is 13.8 Å². The van der Waals surface area contributed by atoms with Crippen molar-refractivity contribution in [2.45, 2.75) is 33.1 Å². The van der Waals surface area contributed by atoms with Crippen molar-refractivity contribution in [2.75, 3.05) is 25.0 Å². The molecular weight excluding hydrogens is 316 g/mol. The molecule has 1 aliphatic heterocycles. The van der Waals surface area contributed by atoms with Crippen molar-refractivity contribution in [2.24, 2.45) is 5.41 Å². The van der Waals surface area contributed by atoms with Crippen LogP contribution in [-0.2, 0) is 9.59 Å². The Balaban J connectivity index is 1.97. The van der Waals surface area contributed by atoms with Gasteiger partial charge in [0.1, 0.15) is 0 Å². The summed E-state index contributed by atoms with van der Waals surface area (Å²) < 4.78 is 0. The molecule has 2 amide bonds. The lowest BCUT2D eigenvalue weighted by Crippen LogP contribution is -2.48. The topological polar surface area (TPSA) is 69.6 Å². The van der Waals surface area contributed by atoms with Crippen molar-refractivity contribution in [3.05, 3.63) is 28.8 Å². The minimum absolute atomic E-state index is 0.111. The van der Waals surface area contributed by atoms with Gasteiger partial charge in [0.15, 0.2) is 0 Å². The number of aliphatic hydroxyl groups excluding tert-OH is 1. The van der Waals surface area contributed by atoms with Crippen molar-refractivity contribution >= 4 is 29.1 Å². The molecule has 0 spiro atoms. The van der Waals surface area contributed by atoms with Crippen LogP contribution in [0.5, 0.6) is 0 Å². The van der Waals surface area contributed by atoms with Crippen molar-refractivity contribution < 1.29 is 14.7 Å². The van der Waals surface area contributed by atoms with Gasteiger partial charge in [-0.2, -0.15) is 0 Å². The van der Waals surface area contributed by atoms with E-state index in [0.717, 1.165) is 24.8 Å². The Morgan fingerprint density at radius 2 is 2.00 bits per heavy atom. The number of carbonyl (C=O) groups excluding carboxylic acids is 2. The number of piperidine rings is 1. The summed E-state index contributed by atoms with van der Waals surface area (Å²) in [6.45, 7) is 5.00. The number of nitrogens with zero attached hydrogens (tertiary/aromatic N) is 1. The number of anilines is 1. The molecule has 1 aromatic carbocycles. The summed E-state index contributed by atoms with van der Waals surface area (Å²) in [7, 11) is 0. The number of benzene rings is 1. The molecule has 0 unspecified atom stereocenters. The summed E-state index contributed by atoms with van der Waals surface area (Å²) in [6.07, 6.45) is 2.32. The van der Waals surface area contributed by atoms with E-state index in [1.165, 1.54) is 0 Å². The van der Waals surface area contributed by atoms with Crippen LogP contribution in [0.25, 0.3) is 0 Å². The normalized spacial score (nSPS) is 17.0. The van der Waals surface area contributed by atoms with Gasteiger partial charge >= 0.3 is 11.8 Å². The molecule has 23 heavy (non-hydrogen) atoms. The Kier molecular flexibility index (Phi) is 5.65. The monoisotopic (exact) mass is 338 g/mol. The number of rotatable bonds is 3. The van der Waals surface area contributed by atoms with E-state index in [9.17, 15) is 14.7 Å². The lowest BCUT2D eigenvalue weighted by atomic mass is 9.77. The molecule has 1 aliphatic rings. The van der Waals surface area contributed by atoms with E-state index >= 15 is 0 Å². The molecule has 126 valence electrons. The SMILES string of the molecule is CCC1(CO)CCN(C(=O)C(=O)Nc2ccc(Cl)cc2C)CC1. The maximum absolute atomic E-state index is 12.3. The summed E-state index contributed by atoms with van der Waals surface area (Å²) in [6, 6.07) is 5.10. The molecule has 2 rings (SSSR count). The molecule has 0 radical (unpaired) electrons. The molecule has 1 saturated heterocycles. The van der Waals surface area contributed by atoms with Gasteiger partial charge in [-0.15, -0.1) is 0 Å². The number of hydrogen-bond acceptors (Lipinski definition) is 3. The Morgan fingerprint density at radius 1 is 1.35 bits per heavy atom. The lowest BCUT2D eigenvalue weighted by Gasteiger charge is -2.39. The Hall–Kier alpha value is -1.59. The van der Waals surface area contributed by atoms with E-state index in [2.05, 4.69) is 5.32 Å². The van der Waals surface area contributed by atoms with E-state index in [1.54, 1.807) is 23.1 Å². The molecule has 0 aliphatic carbocycles. The number of amides is 2. The maximum Gasteiger partial charge on any atom is 0.313 e. The first-order valence-electron chi connectivity index (χ1n) is 7.88. The van der Waals surface area contributed by atoms with Crippen molar-refractivity contribution in [1.29, 1.82) is 0 Å². The number of halogens is 1. The predicted molar refractivity (Wildman–Crippen MR) is 90.4 cm³/mol. The largest absolute Gasteiger partial charge is 0.396 e. The van der Waals surface area contributed by atoms with Crippen molar-refractivity contribution in [3.63, 3.8) is 0 Å². The second-order valence-electron chi connectivity index (χ2n) is 6.22. The number of aryl methyl sites for hydroxylation is 1. The highest BCUT2D eigenvalue weighted by atomic mass is 35.5. The number of likely N-dealkylation sites (tertiary alicyclic amines) is 1. The zero-order valence-electron chi connectivity index (χ0n) is 13.6. The molecule has 0 aromatic heterocycles. The highest BCUT2D eigenvalue weighted by Gasteiger charge is 2.35. The molecular formula is C17H23ClN2O3. The quantitative estimate of drug-likeness (QED) is 0.832. The summed E-state index contributed by atoms with van der Waals surface area (Å²) >= 11 is 5.88. The van der Waals surface area contributed by atoms with Gasteiger partial charge in [-0.1, -0.05) is 18.5 Å². The first-order valence-corrected chi connectivity index (χ1v) is 8.26. The number of hydrogen-bond donors (Lipinski definition) is 2. The van der Waals surface area contributed by atoms with Gasteiger partial charge in [0.05, 0.1) is 0 Å². The molecule has 1 heterocycles. The van der Waals surface area contributed by atoms with Gasteiger partial charge in [-0.05, 0) is 55.4 Å². The average Bonchev–Trinajstić information content (AvgIpc) is 2.56. The van der Waals surface area contributed by atoms with E-state index in [-0.39, 0.29) is 12.0 Å². The maximum atomic E-state index is 12.3. The van der Waals surface area contributed by atoms with Crippen LogP contribution in [0.1, 0.15) is 31.7 Å². The highest BCUT2D eigenvalue weighted by molar-refractivity contribution is 6.39. The first-order chi connectivity index (χ1) is 10.9. The van der Waals surface area contributed by atoms with E-state index < -0.39 is 11.8 Å². The van der Waals surface area contributed by atoms with Gasteiger partial charge in [0.25, 0.3) is 0 Å². The Labute approximate surface area is 141 Å². The molecule has 6 heteroatoms. The third-order valence-corrected chi connectivity index (χ3v) is 5.06. The van der Waals surface area contributed by atoms with Crippen LogP contribution in [0.2, 0.25) is 5.02 Å². The number of nitrogens with one attached hydrogen (secondary N) is 1. The first kappa shape index (κ1) is 17.8. The fourth-order valence-electron chi connectivity index (χ4n) is 2.89. The standard InChI is InChI=1S/C17H23ClN2O3/c1-3-17(11-21)6-8-20(9-7-17)16(23)15(22)19-14-5-4-13(18)10-12(14)2/h4-5,10,21H,3,6-9,11H2,1-2H3,(H,19,22). The molecule has 2 N–H and O–H groups in total. The summed E-state index contributed by atoms with van der Waals surface area (Å²) in [5.74, 6) is -1.16. The average molecular weight is 339 g/mol. The summed E-state index contributed by atoms with van der Waals surface area (Å²) in [5, 5.41) is 12.8. The molecule has 0 saturated carbocycles. The van der Waals surface area contributed by atoms with Crippen LogP contribution < -0.4 is 5.32 Å². The van der Waals surface area contributed by atoms with Crippen LogP contribution >= 0.6 is 11.6 Å². The van der Waals surface area contributed by atoms with Crippen LogP contribution in [-0.4, -0.2) is 41.5 Å². The third kappa shape index (κ3) is 4.03. The highest BCUT2D eigenvalue weighted by Crippen LogP contribution is 2.34. The number of aliphatic hydroxyl groups is 1. The minimum atomic E-state index is -0.636.